The van der Waals surface area contributed by atoms with Gasteiger partial charge < -0.3 is 19.0 Å². The Hall–Kier alpha value is -2.30. The van der Waals surface area contributed by atoms with E-state index in [2.05, 4.69) is 49.1 Å². The van der Waals surface area contributed by atoms with Crippen LogP contribution in [0.15, 0.2) is 53.6 Å². The molecule has 0 bridgehead atoms. The van der Waals surface area contributed by atoms with E-state index >= 15 is 0 Å². The number of aromatic nitrogens is 3. The Kier molecular flexibility index (Phi) is 9.18. The lowest BCUT2D eigenvalue weighted by molar-refractivity contribution is 0.0284. The monoisotopic (exact) mass is 592 g/mol. The molecule has 0 spiro atoms. The highest BCUT2D eigenvalue weighted by atomic mass is 35.5. The van der Waals surface area contributed by atoms with Crippen molar-refractivity contribution in [3.05, 3.63) is 74.8 Å². The molecule has 1 aliphatic heterocycles. The minimum atomic E-state index is -2.11. The van der Waals surface area contributed by atoms with Crippen molar-refractivity contribution in [2.45, 2.75) is 63.6 Å². The van der Waals surface area contributed by atoms with Gasteiger partial charge in [-0.1, -0.05) is 44.0 Å². The molecule has 7 nitrogen and oxygen atoms in total. The first-order valence-electron chi connectivity index (χ1n) is 13.0. The van der Waals surface area contributed by atoms with Crippen LogP contribution in [-0.4, -0.2) is 54.9 Å². The highest BCUT2D eigenvalue weighted by Gasteiger charge is 2.38. The fourth-order valence-corrected chi connectivity index (χ4v) is 5.69. The summed E-state index contributed by atoms with van der Waals surface area (Å²) in [6.45, 7) is 11.7. The van der Waals surface area contributed by atoms with Gasteiger partial charge in [0, 0.05) is 40.7 Å². The van der Waals surface area contributed by atoms with Crippen LogP contribution < -0.4 is 10.9 Å². The summed E-state index contributed by atoms with van der Waals surface area (Å²) in [4.78, 5) is 22.3. The largest absolute Gasteiger partial charge is 0.414 e. The highest BCUT2D eigenvalue weighted by Crippen LogP contribution is 2.38. The number of hydrogen-bond donors (Lipinski definition) is 1. The molecule has 0 aliphatic carbocycles. The Balaban J connectivity index is 1.64. The van der Waals surface area contributed by atoms with Gasteiger partial charge in [0.25, 0.3) is 5.56 Å². The molecular formula is C28H35Cl2FN4O3Si. The predicted octanol–water partition coefficient (Wildman–Crippen LogP) is 6.76. The van der Waals surface area contributed by atoms with Crippen molar-refractivity contribution < 1.29 is 13.6 Å². The van der Waals surface area contributed by atoms with E-state index in [4.69, 9.17) is 32.4 Å². The second kappa shape index (κ2) is 12.1. The number of ether oxygens (including phenoxy) is 1. The summed E-state index contributed by atoms with van der Waals surface area (Å²) in [5.41, 5.74) is 1.73. The number of rotatable bonds is 8. The van der Waals surface area contributed by atoms with Gasteiger partial charge in [0.1, 0.15) is 6.17 Å². The Morgan fingerprint density at radius 1 is 1.21 bits per heavy atom. The van der Waals surface area contributed by atoms with Crippen LogP contribution in [-0.2, 0) is 9.16 Å². The van der Waals surface area contributed by atoms with Gasteiger partial charge >= 0.3 is 0 Å². The van der Waals surface area contributed by atoms with Crippen molar-refractivity contribution in [1.29, 1.82) is 0 Å². The summed E-state index contributed by atoms with van der Waals surface area (Å²) < 4.78 is 27.5. The predicted molar refractivity (Wildman–Crippen MR) is 157 cm³/mol. The quantitative estimate of drug-likeness (QED) is 0.291. The summed E-state index contributed by atoms with van der Waals surface area (Å²) >= 11 is 12.7. The zero-order valence-electron chi connectivity index (χ0n) is 22.9. The Labute approximate surface area is 239 Å². The van der Waals surface area contributed by atoms with Gasteiger partial charge in [-0.3, -0.25) is 4.79 Å². The molecule has 0 saturated carbocycles. The van der Waals surface area contributed by atoms with E-state index in [-0.39, 0.29) is 17.2 Å². The first-order chi connectivity index (χ1) is 18.3. The number of alkyl halides is 1. The van der Waals surface area contributed by atoms with Crippen molar-refractivity contribution in [2.75, 3.05) is 25.1 Å². The van der Waals surface area contributed by atoms with Crippen molar-refractivity contribution in [3.63, 3.8) is 0 Å². The lowest BCUT2D eigenvalue weighted by Crippen LogP contribution is -2.43. The normalized spacial score (nSPS) is 19.1. The maximum absolute atomic E-state index is 14.2. The van der Waals surface area contributed by atoms with Gasteiger partial charge in [-0.25, -0.2) is 14.4 Å². The molecular weight excluding hydrogens is 558 g/mol. The second-order valence-electron chi connectivity index (χ2n) is 11.3. The van der Waals surface area contributed by atoms with Crippen LogP contribution in [0.1, 0.15) is 38.8 Å². The van der Waals surface area contributed by atoms with E-state index in [0.29, 0.717) is 46.9 Å². The zero-order valence-corrected chi connectivity index (χ0v) is 25.4. The first-order valence-corrected chi connectivity index (χ1v) is 16.6. The second-order valence-corrected chi connectivity index (χ2v) is 17.0. The number of benzene rings is 1. The molecule has 1 aliphatic rings. The van der Waals surface area contributed by atoms with Crippen LogP contribution in [0.3, 0.4) is 0 Å². The third-order valence-electron chi connectivity index (χ3n) is 7.51. The fraction of sp³-hybridized carbons (Fsp3) is 0.464. The van der Waals surface area contributed by atoms with Gasteiger partial charge in [0.15, 0.2) is 8.32 Å². The first kappa shape index (κ1) is 29.7. The van der Waals surface area contributed by atoms with E-state index in [1.165, 1.54) is 6.07 Å². The molecule has 11 heteroatoms. The van der Waals surface area contributed by atoms with Gasteiger partial charge in [-0.2, -0.15) is 0 Å². The molecule has 0 unspecified atom stereocenters. The Morgan fingerprint density at radius 3 is 2.56 bits per heavy atom. The van der Waals surface area contributed by atoms with Crippen molar-refractivity contribution >= 4 is 37.5 Å². The van der Waals surface area contributed by atoms with Crippen molar-refractivity contribution in [2.24, 2.45) is 0 Å². The molecule has 39 heavy (non-hydrogen) atoms. The summed E-state index contributed by atoms with van der Waals surface area (Å²) in [5, 5.41) is 4.04. The molecule has 2 aromatic heterocycles. The summed E-state index contributed by atoms with van der Waals surface area (Å²) in [7, 11) is -2.11. The number of nitrogens with zero attached hydrogens (tertiary/aromatic N) is 3. The third-order valence-corrected chi connectivity index (χ3v) is 12.5. The van der Waals surface area contributed by atoms with E-state index in [1.807, 2.05) is 18.2 Å². The van der Waals surface area contributed by atoms with E-state index in [1.54, 1.807) is 29.1 Å². The molecule has 3 atom stereocenters. The molecule has 4 rings (SSSR count). The summed E-state index contributed by atoms with van der Waals surface area (Å²) in [6, 6.07) is 9.50. The maximum atomic E-state index is 14.2. The van der Waals surface area contributed by atoms with Crippen LogP contribution in [0.25, 0.3) is 11.3 Å². The molecule has 1 fully saturated rings. The molecule has 0 radical (unpaired) electrons. The van der Waals surface area contributed by atoms with Crippen molar-refractivity contribution in [1.82, 2.24) is 14.5 Å². The van der Waals surface area contributed by atoms with Crippen LogP contribution >= 0.6 is 23.2 Å². The summed E-state index contributed by atoms with van der Waals surface area (Å²) in [6.07, 6.45) is 2.71. The van der Waals surface area contributed by atoms with Crippen LogP contribution in [0, 0.1) is 0 Å². The number of nitrogens with one attached hydrogen (secondary N) is 1. The minimum absolute atomic E-state index is 0.00389. The number of anilines is 1. The van der Waals surface area contributed by atoms with Gasteiger partial charge in [0.05, 0.1) is 31.0 Å². The number of pyridine rings is 1. The highest BCUT2D eigenvalue weighted by molar-refractivity contribution is 6.74. The average molecular weight is 594 g/mol. The molecule has 3 aromatic rings. The lowest BCUT2D eigenvalue weighted by Gasteiger charge is -2.37. The molecule has 1 N–H and O–H groups in total. The summed E-state index contributed by atoms with van der Waals surface area (Å²) in [5.74, 6) is 0.306. The van der Waals surface area contributed by atoms with E-state index in [9.17, 15) is 9.18 Å². The smallest absolute Gasteiger partial charge is 0.251 e. The molecule has 210 valence electrons. The van der Waals surface area contributed by atoms with E-state index in [0.717, 1.165) is 5.56 Å². The van der Waals surface area contributed by atoms with Crippen molar-refractivity contribution in [3.8, 4) is 11.3 Å². The molecule has 1 aromatic carbocycles. The topological polar surface area (TPSA) is 78.3 Å². The van der Waals surface area contributed by atoms with E-state index < -0.39 is 26.6 Å². The third kappa shape index (κ3) is 7.26. The number of hydrogen-bond acceptors (Lipinski definition) is 6. The lowest BCUT2D eigenvalue weighted by atomic mass is 10.1. The zero-order chi connectivity index (χ0) is 28.4. The van der Waals surface area contributed by atoms with Gasteiger partial charge in [-0.05, 0) is 60.4 Å². The SMILES string of the molecule is CC(C)(C)[Si](C)(C)OC[C@H](c1cc(Cl)cc(Cl)c1)n1ccc(-c2ccnc(N[C@H]3CCOC[C@H]3F)n2)cc1=O. The van der Waals surface area contributed by atoms with Gasteiger partial charge in [-0.15, -0.1) is 0 Å². The average Bonchev–Trinajstić information content (AvgIpc) is 2.85. The fourth-order valence-electron chi connectivity index (χ4n) is 4.14. The minimum Gasteiger partial charge on any atom is -0.414 e. The van der Waals surface area contributed by atoms with Crippen LogP contribution in [0.5, 0.6) is 0 Å². The number of halogens is 3. The molecule has 0 amide bonds. The van der Waals surface area contributed by atoms with Crippen LogP contribution in [0.2, 0.25) is 28.2 Å². The van der Waals surface area contributed by atoms with Crippen LogP contribution in [0.4, 0.5) is 10.3 Å². The molecule has 3 heterocycles. The molecule has 1 saturated heterocycles. The van der Waals surface area contributed by atoms with Gasteiger partial charge in [0.2, 0.25) is 5.95 Å². The standard InChI is InChI=1S/C28H35Cl2FN4O3Si/c1-28(2,3)39(4,5)38-17-25(19-12-20(29)15-21(30)13-19)35-10-7-18(14-26(35)36)23-6-9-32-27(33-23)34-24-8-11-37-16-22(24)31/h6-7,9-10,12-15,22,24-25H,8,11,16-17H2,1-5H3,(H,32,33,34)/t22-,24+,25-/m1/s1. The Bertz CT molecular complexity index is 1340. The maximum Gasteiger partial charge on any atom is 0.251 e. The Morgan fingerprint density at radius 2 is 1.92 bits per heavy atom.